The van der Waals surface area contributed by atoms with Gasteiger partial charge in [0, 0.05) is 12.6 Å². The van der Waals surface area contributed by atoms with Crippen molar-refractivity contribution < 1.29 is 28.5 Å². The van der Waals surface area contributed by atoms with Crippen LogP contribution in [0.4, 0.5) is 0 Å². The van der Waals surface area contributed by atoms with Gasteiger partial charge in [-0.15, -0.1) is 11.7 Å². The number of rotatable bonds is 7. The van der Waals surface area contributed by atoms with Crippen molar-refractivity contribution in [2.24, 2.45) is 0 Å². The van der Waals surface area contributed by atoms with E-state index in [0.717, 1.165) is 5.56 Å². The van der Waals surface area contributed by atoms with Crippen LogP contribution in [0.15, 0.2) is 29.2 Å². The summed E-state index contributed by atoms with van der Waals surface area (Å²) < 4.78 is 26.9. The molecule has 25 heavy (non-hydrogen) atoms. The predicted molar refractivity (Wildman–Crippen MR) is 99.1 cm³/mol. The van der Waals surface area contributed by atoms with E-state index < -0.39 is 48.9 Å². The van der Waals surface area contributed by atoms with Crippen molar-refractivity contribution >= 4 is 35.6 Å². The molecule has 0 saturated carbocycles. The van der Waals surface area contributed by atoms with Crippen molar-refractivity contribution in [1.29, 1.82) is 0 Å². The number of thiol groups is 2. The summed E-state index contributed by atoms with van der Waals surface area (Å²) in [4.78, 5) is 11.6. The van der Waals surface area contributed by atoms with Gasteiger partial charge in [-0.1, -0.05) is 17.7 Å². The summed E-state index contributed by atoms with van der Waals surface area (Å²) in [7, 11) is -5.91. The highest BCUT2D eigenvalue weighted by Crippen LogP contribution is 2.49. The Morgan fingerprint density at radius 2 is 2.04 bits per heavy atom. The molecule has 1 aliphatic rings. The van der Waals surface area contributed by atoms with Gasteiger partial charge >= 0.3 is 5.97 Å². The zero-order valence-corrected chi connectivity index (χ0v) is 16.1. The minimum absolute atomic E-state index is 0.0916. The van der Waals surface area contributed by atoms with Gasteiger partial charge in [0.05, 0.1) is 11.5 Å². The van der Waals surface area contributed by atoms with E-state index in [1.54, 1.807) is 12.1 Å². The van der Waals surface area contributed by atoms with E-state index in [-0.39, 0.29) is 17.9 Å². The molecule has 11 heteroatoms. The smallest absolute Gasteiger partial charge is 0.321 e. The number of benzene rings is 1. The Balaban J connectivity index is 2.24. The van der Waals surface area contributed by atoms with Crippen molar-refractivity contribution in [1.82, 2.24) is 9.62 Å². The number of aliphatic carboxylic acids is 1. The van der Waals surface area contributed by atoms with Gasteiger partial charge in [-0.05, 0) is 34.6 Å². The minimum Gasteiger partial charge on any atom is -0.480 e. The Labute approximate surface area is 153 Å². The molecule has 1 fully saturated rings. The summed E-state index contributed by atoms with van der Waals surface area (Å²) in [5, 5.41) is 30.5. The molecular weight excluding hydrogens is 388 g/mol. The third-order valence-electron chi connectivity index (χ3n) is 3.91. The molecule has 4 N–H and O–H groups in total. The summed E-state index contributed by atoms with van der Waals surface area (Å²) in [6.45, 7) is 1.41. The summed E-state index contributed by atoms with van der Waals surface area (Å²) in [5.74, 6) is -1.15. The summed E-state index contributed by atoms with van der Waals surface area (Å²) >= 11 is 4.25. The van der Waals surface area contributed by atoms with E-state index in [1.165, 1.54) is 16.4 Å². The summed E-state index contributed by atoms with van der Waals surface area (Å²) in [6, 6.07) is 4.80. The van der Waals surface area contributed by atoms with Crippen LogP contribution in [0.25, 0.3) is 0 Å². The molecule has 2 rings (SSSR count). The van der Waals surface area contributed by atoms with Crippen molar-refractivity contribution in [2.75, 3.05) is 13.2 Å². The molecule has 0 aliphatic carbocycles. The number of carbonyl (C=O) groups is 1. The fourth-order valence-electron chi connectivity index (χ4n) is 2.62. The minimum atomic E-state index is -3.81. The predicted octanol–water partition coefficient (Wildman–Crippen LogP) is -0.127. The Morgan fingerprint density at radius 1 is 1.44 bits per heavy atom. The molecule has 4 atom stereocenters. The van der Waals surface area contributed by atoms with Gasteiger partial charge < -0.3 is 15.3 Å². The zero-order valence-electron chi connectivity index (χ0n) is 13.5. The fourth-order valence-corrected chi connectivity index (χ4v) is 8.08. The van der Waals surface area contributed by atoms with Crippen molar-refractivity contribution in [3.8, 4) is 0 Å². The van der Waals surface area contributed by atoms with Gasteiger partial charge in [0.2, 0.25) is 8.87 Å². The van der Waals surface area contributed by atoms with Crippen LogP contribution in [-0.4, -0.2) is 65.5 Å². The number of nitrogens with one attached hydrogen (secondary N) is 1. The first-order valence-electron chi connectivity index (χ1n) is 7.52. The van der Waals surface area contributed by atoms with Crippen LogP contribution < -0.4 is 5.32 Å². The first-order valence-corrected chi connectivity index (χ1v) is 12.1. The van der Waals surface area contributed by atoms with E-state index >= 15 is 0 Å². The van der Waals surface area contributed by atoms with Gasteiger partial charge in [0.15, 0.2) is 0 Å². The van der Waals surface area contributed by atoms with Crippen molar-refractivity contribution in [3.63, 3.8) is 0 Å². The van der Waals surface area contributed by atoms with E-state index in [1.807, 2.05) is 6.92 Å². The number of carboxylic acids is 1. The highest BCUT2D eigenvalue weighted by atomic mass is 33.5. The Morgan fingerprint density at radius 3 is 2.56 bits per heavy atom. The molecule has 0 bridgehead atoms. The maximum atomic E-state index is 12.8. The van der Waals surface area contributed by atoms with E-state index in [0.29, 0.717) is 0 Å². The average molecular weight is 411 g/mol. The third kappa shape index (κ3) is 4.67. The second-order valence-electron chi connectivity index (χ2n) is 5.81. The molecule has 1 aromatic rings. The van der Waals surface area contributed by atoms with Crippen LogP contribution in [-0.2, 0) is 13.7 Å². The van der Waals surface area contributed by atoms with E-state index in [4.69, 9.17) is 5.11 Å². The van der Waals surface area contributed by atoms with Crippen LogP contribution in [0.2, 0.25) is 0 Å². The molecule has 0 aromatic heterocycles. The summed E-state index contributed by atoms with van der Waals surface area (Å²) in [6.07, 6.45) is -1.09. The molecule has 8 nitrogen and oxygen atoms in total. The Bertz CT molecular complexity index is 712. The molecule has 1 aliphatic heterocycles. The largest absolute Gasteiger partial charge is 0.480 e. The van der Waals surface area contributed by atoms with Gasteiger partial charge in [-0.3, -0.25) is 10.1 Å². The molecular formula is C14H22N2O6S3. The second kappa shape index (κ2) is 8.25. The van der Waals surface area contributed by atoms with E-state index in [9.17, 15) is 23.4 Å². The quantitative estimate of drug-likeness (QED) is 0.209. The molecule has 0 amide bonds. The highest BCUT2D eigenvalue weighted by Gasteiger charge is 2.43. The normalized spacial score (nSPS) is 24.9. The molecule has 0 spiro atoms. The monoisotopic (exact) mass is 410 g/mol. The van der Waals surface area contributed by atoms with Crippen LogP contribution in [0.1, 0.15) is 12.0 Å². The SMILES string of the molecule is Cc1ccc(S(=O)(=O)[SH](S)N2C[C@H](NC(O)CO)C[C@H]2C(=O)O)cc1. The Hall–Kier alpha value is -0.820. The molecule has 2 unspecified atom stereocenters. The lowest BCUT2D eigenvalue weighted by atomic mass is 10.2. The summed E-state index contributed by atoms with van der Waals surface area (Å²) in [5.41, 5.74) is 0.911. The van der Waals surface area contributed by atoms with Crippen LogP contribution >= 0.6 is 20.8 Å². The number of hydrogen-bond acceptors (Lipinski definition) is 8. The molecule has 0 radical (unpaired) electrons. The maximum Gasteiger partial charge on any atom is 0.321 e. The van der Waals surface area contributed by atoms with Crippen molar-refractivity contribution in [2.45, 2.75) is 36.6 Å². The van der Waals surface area contributed by atoms with Crippen molar-refractivity contribution in [3.05, 3.63) is 29.8 Å². The standard InChI is InChI=1S/C14H22N2O6S3/c1-9-2-4-11(5-3-9)25(21,22)24(23)16-7-10(15-13(18)8-17)6-12(16)14(19)20/h2-5,10,12-13,15,17-18,23-24H,6-8H2,1H3,(H,19,20)/t10-,12+,13?/m1/s1. The first kappa shape index (κ1) is 20.5. The molecule has 1 aromatic carbocycles. The number of aryl methyl sites for hydroxylation is 1. The molecule has 1 heterocycles. The lowest BCUT2D eigenvalue weighted by molar-refractivity contribution is -0.140. The fraction of sp³-hybridized carbons (Fsp3) is 0.500. The van der Waals surface area contributed by atoms with Gasteiger partial charge in [-0.2, -0.15) is 0 Å². The lowest BCUT2D eigenvalue weighted by Crippen LogP contribution is -2.41. The van der Waals surface area contributed by atoms with Crippen LogP contribution in [0, 0.1) is 6.92 Å². The third-order valence-corrected chi connectivity index (χ3v) is 11.3. The van der Waals surface area contributed by atoms with Gasteiger partial charge in [-0.25, -0.2) is 12.7 Å². The van der Waals surface area contributed by atoms with Crippen LogP contribution in [0.5, 0.6) is 0 Å². The molecule has 1 saturated heterocycles. The first-order chi connectivity index (χ1) is 11.7. The maximum absolute atomic E-state index is 12.8. The lowest BCUT2D eigenvalue weighted by Gasteiger charge is -2.30. The van der Waals surface area contributed by atoms with E-state index in [2.05, 4.69) is 17.0 Å². The Kier molecular flexibility index (Phi) is 6.76. The second-order valence-corrected chi connectivity index (χ2v) is 12.7. The number of carboxylic acid groups (broad SMARTS) is 1. The number of aliphatic hydroxyl groups excluding tert-OH is 2. The van der Waals surface area contributed by atoms with Crippen LogP contribution in [0.3, 0.4) is 0 Å². The number of nitrogens with zero attached hydrogens (tertiary/aromatic N) is 1. The molecule has 142 valence electrons. The van der Waals surface area contributed by atoms with Gasteiger partial charge in [0.25, 0.3) is 0 Å². The number of hydrogen-bond donors (Lipinski definition) is 6. The highest BCUT2D eigenvalue weighted by molar-refractivity contribution is 9.09. The van der Waals surface area contributed by atoms with Gasteiger partial charge in [0.1, 0.15) is 12.3 Å². The zero-order chi connectivity index (χ0) is 18.8. The average Bonchev–Trinajstić information content (AvgIpc) is 2.98. The topological polar surface area (TPSA) is 127 Å². The number of aliphatic hydroxyl groups is 2.